The molecule has 34 heavy (non-hydrogen) atoms. The van der Waals surface area contributed by atoms with Crippen LogP contribution in [0.3, 0.4) is 0 Å². The van der Waals surface area contributed by atoms with Gasteiger partial charge in [-0.1, -0.05) is 17.8 Å². The number of halogens is 2. The molecular weight excluding hydrogens is 458 g/mol. The van der Waals surface area contributed by atoms with Gasteiger partial charge in [0, 0.05) is 24.6 Å². The predicted octanol–water partition coefficient (Wildman–Crippen LogP) is 3.61. The first-order chi connectivity index (χ1) is 16.3. The lowest BCUT2D eigenvalue weighted by Crippen LogP contribution is -2.45. The lowest BCUT2D eigenvalue weighted by atomic mass is 9.84. The summed E-state index contributed by atoms with van der Waals surface area (Å²) < 4.78 is 29.2. The van der Waals surface area contributed by atoms with Gasteiger partial charge in [0.25, 0.3) is 0 Å². The van der Waals surface area contributed by atoms with E-state index in [0.717, 1.165) is 25.9 Å². The molecule has 3 heterocycles. The van der Waals surface area contributed by atoms with Crippen LogP contribution in [0.1, 0.15) is 48.7 Å². The number of hydrogen-bond acceptors (Lipinski definition) is 7. The highest BCUT2D eigenvalue weighted by molar-refractivity contribution is 8.15. The second-order valence-corrected chi connectivity index (χ2v) is 10.3. The molecule has 0 bridgehead atoms. The van der Waals surface area contributed by atoms with E-state index in [0.29, 0.717) is 12.0 Å². The molecule has 1 aromatic heterocycles. The number of aliphatic imine (C=N–C) groups is 1. The van der Waals surface area contributed by atoms with Gasteiger partial charge in [0.1, 0.15) is 22.3 Å². The Morgan fingerprint density at radius 3 is 2.76 bits per heavy atom. The molecule has 3 atom stereocenters. The number of rotatable bonds is 4. The Morgan fingerprint density at radius 2 is 2.09 bits per heavy atom. The van der Waals surface area contributed by atoms with Crippen molar-refractivity contribution < 1.29 is 13.6 Å². The van der Waals surface area contributed by atoms with Crippen molar-refractivity contribution >= 4 is 34.7 Å². The van der Waals surface area contributed by atoms with Crippen LogP contribution >= 0.6 is 11.8 Å². The lowest BCUT2D eigenvalue weighted by molar-refractivity contribution is -0.130. The summed E-state index contributed by atoms with van der Waals surface area (Å²) in [6.45, 7) is 3.25. The first kappa shape index (κ1) is 22.5. The van der Waals surface area contributed by atoms with Gasteiger partial charge in [-0.15, -0.1) is 0 Å². The molecular formula is C24H22F2N6OS. The number of aromatic nitrogens is 2. The Kier molecular flexibility index (Phi) is 5.40. The molecule has 2 fully saturated rings. The van der Waals surface area contributed by atoms with Crippen LogP contribution < -0.4 is 5.73 Å². The second kappa shape index (κ2) is 8.17. The maximum absolute atomic E-state index is 15.1. The molecule has 5 rings (SSSR count). The summed E-state index contributed by atoms with van der Waals surface area (Å²) in [5, 5.41) is 9.08. The topological polar surface area (TPSA) is 108 Å². The molecule has 1 aliphatic carbocycles. The monoisotopic (exact) mass is 480 g/mol. The predicted molar refractivity (Wildman–Crippen MR) is 125 cm³/mol. The van der Waals surface area contributed by atoms with E-state index >= 15 is 4.39 Å². The Labute approximate surface area is 199 Å². The van der Waals surface area contributed by atoms with Crippen LogP contribution in [-0.2, 0) is 10.3 Å². The van der Waals surface area contributed by atoms with E-state index in [1.54, 1.807) is 13.0 Å². The van der Waals surface area contributed by atoms with Gasteiger partial charge < -0.3 is 10.6 Å². The fourth-order valence-corrected chi connectivity index (χ4v) is 6.44. The number of amides is 1. The molecule has 0 radical (unpaired) electrons. The van der Waals surface area contributed by atoms with Gasteiger partial charge in [-0.3, -0.25) is 9.79 Å². The summed E-state index contributed by atoms with van der Waals surface area (Å²) >= 11 is 1.28. The van der Waals surface area contributed by atoms with Crippen LogP contribution in [0.15, 0.2) is 35.6 Å². The third-order valence-corrected chi connectivity index (χ3v) is 8.10. The molecule has 0 unspecified atom stereocenters. The molecule has 2 N–H and O–H groups in total. The first-order valence-electron chi connectivity index (χ1n) is 11.0. The third kappa shape index (κ3) is 3.64. The Bertz CT molecular complexity index is 1270. The van der Waals surface area contributed by atoms with Crippen LogP contribution in [0.4, 0.5) is 8.78 Å². The van der Waals surface area contributed by atoms with Gasteiger partial charge in [0.2, 0.25) is 5.91 Å². The maximum atomic E-state index is 15.1. The SMILES string of the molecule is C[C@]1(c2cc(/C=C(\F)c3cnc(C#N)cn3)ccc2F)N=C(N)S[C@@]2(C(=O)N3CCCC3)C[C@H]21. The number of nitrogens with zero attached hydrogens (tertiary/aromatic N) is 5. The summed E-state index contributed by atoms with van der Waals surface area (Å²) in [5.41, 5.74) is 5.83. The molecule has 3 aliphatic rings. The molecule has 1 saturated heterocycles. The summed E-state index contributed by atoms with van der Waals surface area (Å²) in [6, 6.07) is 6.10. The molecule has 7 nitrogen and oxygen atoms in total. The van der Waals surface area contributed by atoms with Crippen molar-refractivity contribution in [2.24, 2.45) is 16.6 Å². The number of carbonyl (C=O) groups is 1. The van der Waals surface area contributed by atoms with Gasteiger partial charge in [0.05, 0.1) is 17.9 Å². The minimum absolute atomic E-state index is 0.0372. The first-order valence-corrected chi connectivity index (χ1v) is 11.8. The molecule has 2 aliphatic heterocycles. The van der Waals surface area contributed by atoms with Crippen molar-refractivity contribution in [3.8, 4) is 6.07 Å². The zero-order valence-electron chi connectivity index (χ0n) is 18.5. The van der Waals surface area contributed by atoms with E-state index in [9.17, 15) is 9.18 Å². The molecule has 174 valence electrons. The fourth-order valence-electron chi connectivity index (χ4n) is 4.99. The zero-order chi connectivity index (χ0) is 24.1. The number of carbonyl (C=O) groups excluding carboxylic acids is 1. The summed E-state index contributed by atoms with van der Waals surface area (Å²) in [4.78, 5) is 27.5. The minimum Gasteiger partial charge on any atom is -0.378 e. The molecule has 1 saturated carbocycles. The fraction of sp³-hybridized carbons (Fsp3) is 0.375. The summed E-state index contributed by atoms with van der Waals surface area (Å²) in [6.07, 6.45) is 6.10. The van der Waals surface area contributed by atoms with Crippen LogP contribution in [-0.4, -0.2) is 43.8 Å². The Morgan fingerprint density at radius 1 is 1.32 bits per heavy atom. The van der Waals surface area contributed by atoms with Gasteiger partial charge in [0.15, 0.2) is 16.7 Å². The van der Waals surface area contributed by atoms with E-state index in [1.165, 1.54) is 42.4 Å². The van der Waals surface area contributed by atoms with Crippen molar-refractivity contribution in [2.75, 3.05) is 13.1 Å². The maximum Gasteiger partial charge on any atom is 0.239 e. The lowest BCUT2D eigenvalue weighted by Gasteiger charge is -2.35. The van der Waals surface area contributed by atoms with E-state index in [2.05, 4.69) is 15.0 Å². The van der Waals surface area contributed by atoms with Crippen LogP contribution in [0.5, 0.6) is 0 Å². The van der Waals surface area contributed by atoms with E-state index < -0.39 is 21.9 Å². The van der Waals surface area contributed by atoms with Crippen molar-refractivity contribution in [3.05, 3.63) is 58.9 Å². The summed E-state index contributed by atoms with van der Waals surface area (Å²) in [5.74, 6) is -1.33. The van der Waals surface area contributed by atoms with Gasteiger partial charge in [-0.25, -0.2) is 18.7 Å². The van der Waals surface area contributed by atoms with Crippen LogP contribution in [0.25, 0.3) is 11.9 Å². The molecule has 1 amide bonds. The molecule has 0 spiro atoms. The Balaban J connectivity index is 1.48. The average molecular weight is 481 g/mol. The molecule has 2 aromatic rings. The van der Waals surface area contributed by atoms with Crippen molar-refractivity contribution in [3.63, 3.8) is 0 Å². The minimum atomic E-state index is -1.05. The number of nitriles is 1. The van der Waals surface area contributed by atoms with Gasteiger partial charge >= 0.3 is 0 Å². The van der Waals surface area contributed by atoms with E-state index in [1.807, 2.05) is 11.0 Å². The van der Waals surface area contributed by atoms with Crippen LogP contribution in [0, 0.1) is 23.1 Å². The highest BCUT2D eigenvalue weighted by Crippen LogP contribution is 2.66. The number of thioether (sulfide) groups is 1. The summed E-state index contributed by atoms with van der Waals surface area (Å²) in [7, 11) is 0. The second-order valence-electron chi connectivity index (χ2n) is 8.98. The van der Waals surface area contributed by atoms with Crippen molar-refractivity contribution in [1.82, 2.24) is 14.9 Å². The number of hydrogen-bond donors (Lipinski definition) is 1. The Hall–Kier alpha value is -3.32. The van der Waals surface area contributed by atoms with Crippen molar-refractivity contribution in [1.29, 1.82) is 5.26 Å². The number of nitrogens with two attached hydrogens (primary N) is 1. The molecule has 10 heteroatoms. The standard InChI is InChI=1S/C24H22F2N6OS/c1-23(20-10-24(20,34-22(28)31-23)21(33)32-6-2-3-7-32)16-8-14(4-5-17(16)25)9-18(26)19-13-29-15(11-27)12-30-19/h4-5,8-9,12-13,20H,2-3,6-7,10H2,1H3,(H2,28,31)/b18-9-/t20-,23+,24-/m0/s1. The normalized spacial score (nSPS) is 28.2. The smallest absolute Gasteiger partial charge is 0.239 e. The highest BCUT2D eigenvalue weighted by Gasteiger charge is 2.71. The quantitative estimate of drug-likeness (QED) is 0.716. The third-order valence-electron chi connectivity index (χ3n) is 6.81. The number of amidine groups is 1. The van der Waals surface area contributed by atoms with Crippen molar-refractivity contribution in [2.45, 2.75) is 36.5 Å². The number of fused-ring (bicyclic) bond motifs is 1. The number of benzene rings is 1. The van der Waals surface area contributed by atoms with Gasteiger partial charge in [-0.2, -0.15) is 5.26 Å². The largest absolute Gasteiger partial charge is 0.378 e. The van der Waals surface area contributed by atoms with Gasteiger partial charge in [-0.05, 0) is 50.0 Å². The average Bonchev–Trinajstić information content (AvgIpc) is 3.33. The van der Waals surface area contributed by atoms with E-state index in [4.69, 9.17) is 11.0 Å². The van der Waals surface area contributed by atoms with E-state index in [-0.39, 0.29) is 33.9 Å². The highest BCUT2D eigenvalue weighted by atomic mass is 32.2. The number of likely N-dealkylation sites (tertiary alicyclic amines) is 1. The molecule has 1 aromatic carbocycles. The zero-order valence-corrected chi connectivity index (χ0v) is 19.3. The van der Waals surface area contributed by atoms with Crippen LogP contribution in [0.2, 0.25) is 0 Å².